The number of nitrogens with zero attached hydrogens (tertiary/aromatic N) is 1. The number of urea groups is 1. The number of hydrogen-bond acceptors (Lipinski definition) is 5. The molecular formula is C9H16N2O5. The van der Waals surface area contributed by atoms with Crippen LogP contribution in [-0.4, -0.2) is 64.1 Å². The minimum Gasteiger partial charge on any atom is -0.394 e. The molecule has 2 aliphatic rings. The quantitative estimate of drug-likeness (QED) is 0.449. The lowest BCUT2D eigenvalue weighted by atomic mass is 10.2. The number of hydrogen-bond donors (Lipinski definition) is 4. The van der Waals surface area contributed by atoms with Gasteiger partial charge in [0.05, 0.1) is 12.7 Å². The predicted octanol–water partition coefficient (Wildman–Crippen LogP) is -1.81. The Labute approximate surface area is 92.6 Å². The highest BCUT2D eigenvalue weighted by atomic mass is 16.5. The Kier molecular flexibility index (Phi) is 3.29. The molecule has 0 aliphatic carbocycles. The summed E-state index contributed by atoms with van der Waals surface area (Å²) in [6, 6.07) is -0.457. The Hall–Kier alpha value is -0.890. The fourth-order valence-corrected chi connectivity index (χ4v) is 2.03. The van der Waals surface area contributed by atoms with E-state index in [0.29, 0.717) is 19.4 Å². The summed E-state index contributed by atoms with van der Waals surface area (Å²) in [7, 11) is 0. The van der Waals surface area contributed by atoms with Crippen molar-refractivity contribution in [2.45, 2.75) is 37.5 Å². The molecule has 0 aromatic rings. The standard InChI is InChI=1S/C9H16N2O5/c12-4-5-3-6(13)8(16-5)11-2-1-7(14)10-9(11)15/h5-8,12-14H,1-4H2,(H,10,15). The van der Waals surface area contributed by atoms with Crippen LogP contribution in [0, 0.1) is 0 Å². The van der Waals surface area contributed by atoms with E-state index in [1.165, 1.54) is 4.90 Å². The minimum absolute atomic E-state index is 0.175. The highest BCUT2D eigenvalue weighted by molar-refractivity contribution is 5.75. The maximum absolute atomic E-state index is 11.5. The molecule has 92 valence electrons. The van der Waals surface area contributed by atoms with Gasteiger partial charge in [-0.1, -0.05) is 0 Å². The van der Waals surface area contributed by atoms with E-state index in [2.05, 4.69) is 5.32 Å². The normalized spacial score (nSPS) is 39.9. The Bertz CT molecular complexity index is 275. The largest absolute Gasteiger partial charge is 0.394 e. The van der Waals surface area contributed by atoms with E-state index < -0.39 is 30.7 Å². The number of aliphatic hydroxyl groups is 3. The first kappa shape index (κ1) is 11.6. The SMILES string of the molecule is O=C1NC(O)CCN1C1OC(CO)CC1O. The second-order valence-electron chi connectivity index (χ2n) is 4.08. The van der Waals surface area contributed by atoms with Crippen LogP contribution in [0.4, 0.5) is 4.79 Å². The Balaban J connectivity index is 1.99. The van der Waals surface area contributed by atoms with Crippen molar-refractivity contribution in [2.75, 3.05) is 13.2 Å². The lowest BCUT2D eigenvalue weighted by Gasteiger charge is -2.35. The zero-order valence-corrected chi connectivity index (χ0v) is 8.74. The monoisotopic (exact) mass is 232 g/mol. The van der Waals surface area contributed by atoms with Crippen molar-refractivity contribution in [1.82, 2.24) is 10.2 Å². The number of amides is 2. The van der Waals surface area contributed by atoms with Crippen LogP contribution in [0.3, 0.4) is 0 Å². The van der Waals surface area contributed by atoms with Crippen LogP contribution in [0.25, 0.3) is 0 Å². The van der Waals surface area contributed by atoms with E-state index in [9.17, 15) is 15.0 Å². The van der Waals surface area contributed by atoms with Crippen LogP contribution in [0.5, 0.6) is 0 Å². The second kappa shape index (κ2) is 4.54. The second-order valence-corrected chi connectivity index (χ2v) is 4.08. The molecule has 2 heterocycles. The predicted molar refractivity (Wildman–Crippen MR) is 52.2 cm³/mol. The topological polar surface area (TPSA) is 102 Å². The van der Waals surface area contributed by atoms with Gasteiger partial charge in [0.15, 0.2) is 6.23 Å². The maximum atomic E-state index is 11.5. The van der Waals surface area contributed by atoms with Gasteiger partial charge in [-0.05, 0) is 0 Å². The molecule has 2 rings (SSSR count). The van der Waals surface area contributed by atoms with Gasteiger partial charge in [0.1, 0.15) is 12.3 Å². The van der Waals surface area contributed by atoms with Crippen molar-refractivity contribution in [3.05, 3.63) is 0 Å². The van der Waals surface area contributed by atoms with Crippen LogP contribution in [0.1, 0.15) is 12.8 Å². The van der Waals surface area contributed by atoms with E-state index in [-0.39, 0.29) is 6.61 Å². The Morgan fingerprint density at radius 3 is 2.81 bits per heavy atom. The van der Waals surface area contributed by atoms with E-state index >= 15 is 0 Å². The van der Waals surface area contributed by atoms with Crippen LogP contribution < -0.4 is 5.32 Å². The molecule has 2 amide bonds. The summed E-state index contributed by atoms with van der Waals surface area (Å²) in [5.74, 6) is 0. The van der Waals surface area contributed by atoms with Crippen molar-refractivity contribution in [3.63, 3.8) is 0 Å². The molecule has 2 fully saturated rings. The molecule has 7 nitrogen and oxygen atoms in total. The van der Waals surface area contributed by atoms with Crippen molar-refractivity contribution >= 4 is 6.03 Å². The molecule has 0 saturated carbocycles. The molecule has 2 saturated heterocycles. The number of nitrogens with one attached hydrogen (secondary N) is 1. The fraction of sp³-hybridized carbons (Fsp3) is 0.889. The molecule has 0 radical (unpaired) electrons. The summed E-state index contributed by atoms with van der Waals surface area (Å²) in [4.78, 5) is 12.9. The van der Waals surface area contributed by atoms with Crippen molar-refractivity contribution in [3.8, 4) is 0 Å². The lowest BCUT2D eigenvalue weighted by molar-refractivity contribution is -0.0891. The first-order chi connectivity index (χ1) is 7.61. The van der Waals surface area contributed by atoms with Gasteiger partial charge in [-0.25, -0.2) is 4.79 Å². The third kappa shape index (κ3) is 2.12. The fourth-order valence-electron chi connectivity index (χ4n) is 2.03. The van der Waals surface area contributed by atoms with Gasteiger partial charge in [0.2, 0.25) is 0 Å². The molecule has 0 aromatic heterocycles. The molecule has 0 aromatic carbocycles. The van der Waals surface area contributed by atoms with Crippen LogP contribution in [0.2, 0.25) is 0 Å². The van der Waals surface area contributed by atoms with Gasteiger partial charge in [0.25, 0.3) is 0 Å². The molecule has 7 heteroatoms. The molecule has 4 atom stereocenters. The highest BCUT2D eigenvalue weighted by Gasteiger charge is 2.41. The van der Waals surface area contributed by atoms with Gasteiger partial charge >= 0.3 is 6.03 Å². The van der Waals surface area contributed by atoms with E-state index in [1.54, 1.807) is 0 Å². The highest BCUT2D eigenvalue weighted by Crippen LogP contribution is 2.24. The summed E-state index contributed by atoms with van der Waals surface area (Å²) in [5.41, 5.74) is 0. The maximum Gasteiger partial charge on any atom is 0.321 e. The van der Waals surface area contributed by atoms with Gasteiger partial charge < -0.3 is 25.4 Å². The Morgan fingerprint density at radius 2 is 2.25 bits per heavy atom. The van der Waals surface area contributed by atoms with Crippen molar-refractivity contribution < 1.29 is 24.9 Å². The van der Waals surface area contributed by atoms with Crippen molar-refractivity contribution in [1.29, 1.82) is 0 Å². The van der Waals surface area contributed by atoms with E-state index in [1.807, 2.05) is 0 Å². The molecule has 4 N–H and O–H groups in total. The molecule has 4 unspecified atom stereocenters. The lowest BCUT2D eigenvalue weighted by Crippen LogP contribution is -2.57. The molecule has 0 bridgehead atoms. The average molecular weight is 232 g/mol. The van der Waals surface area contributed by atoms with E-state index in [0.717, 1.165) is 0 Å². The minimum atomic E-state index is -0.837. The summed E-state index contributed by atoms with van der Waals surface area (Å²) in [6.45, 7) is 0.151. The first-order valence-corrected chi connectivity index (χ1v) is 5.31. The smallest absolute Gasteiger partial charge is 0.321 e. The number of carbonyl (C=O) groups is 1. The first-order valence-electron chi connectivity index (χ1n) is 5.31. The molecule has 0 spiro atoms. The zero-order valence-electron chi connectivity index (χ0n) is 8.74. The summed E-state index contributed by atoms with van der Waals surface area (Å²) in [5, 5.41) is 30.2. The average Bonchev–Trinajstić information content (AvgIpc) is 2.60. The number of aliphatic hydroxyl groups excluding tert-OH is 3. The van der Waals surface area contributed by atoms with Crippen LogP contribution in [0.15, 0.2) is 0 Å². The molecular weight excluding hydrogens is 216 g/mol. The number of rotatable bonds is 2. The molecule has 16 heavy (non-hydrogen) atoms. The van der Waals surface area contributed by atoms with E-state index in [4.69, 9.17) is 9.84 Å². The third-order valence-electron chi connectivity index (χ3n) is 2.87. The van der Waals surface area contributed by atoms with Gasteiger partial charge in [-0.2, -0.15) is 0 Å². The Morgan fingerprint density at radius 1 is 1.50 bits per heavy atom. The summed E-state index contributed by atoms with van der Waals surface area (Å²) >= 11 is 0. The number of carbonyl (C=O) groups excluding carboxylic acids is 1. The third-order valence-corrected chi connectivity index (χ3v) is 2.87. The zero-order chi connectivity index (χ0) is 11.7. The summed E-state index contributed by atoms with van der Waals surface area (Å²) in [6.07, 6.45) is -2.09. The van der Waals surface area contributed by atoms with Gasteiger partial charge in [-0.3, -0.25) is 4.90 Å². The summed E-state index contributed by atoms with van der Waals surface area (Å²) < 4.78 is 5.35. The van der Waals surface area contributed by atoms with Gasteiger partial charge in [0, 0.05) is 19.4 Å². The van der Waals surface area contributed by atoms with Crippen LogP contribution in [-0.2, 0) is 4.74 Å². The van der Waals surface area contributed by atoms with Gasteiger partial charge in [-0.15, -0.1) is 0 Å². The number of ether oxygens (including phenoxy) is 1. The van der Waals surface area contributed by atoms with Crippen LogP contribution >= 0.6 is 0 Å². The van der Waals surface area contributed by atoms with Crippen molar-refractivity contribution in [2.24, 2.45) is 0 Å². The molecule has 2 aliphatic heterocycles.